The van der Waals surface area contributed by atoms with Crippen molar-refractivity contribution in [1.82, 2.24) is 0 Å². The van der Waals surface area contributed by atoms with Crippen molar-refractivity contribution in [1.29, 1.82) is 0 Å². The van der Waals surface area contributed by atoms with Gasteiger partial charge in [-0.2, -0.15) is 0 Å². The summed E-state index contributed by atoms with van der Waals surface area (Å²) in [4.78, 5) is 48.2. The summed E-state index contributed by atoms with van der Waals surface area (Å²) in [5.74, 6) is -1.20. The van der Waals surface area contributed by atoms with Gasteiger partial charge in [0.1, 0.15) is 5.75 Å². The van der Waals surface area contributed by atoms with Gasteiger partial charge in [0.2, 0.25) is 5.91 Å². The summed E-state index contributed by atoms with van der Waals surface area (Å²) >= 11 is 0. The largest absolute Gasteiger partial charge is 0.495 e. The molecular formula is C20H19N3O7. The van der Waals surface area contributed by atoms with Crippen LogP contribution in [0.5, 0.6) is 5.75 Å². The van der Waals surface area contributed by atoms with Crippen molar-refractivity contribution in [3.05, 3.63) is 58.1 Å². The summed E-state index contributed by atoms with van der Waals surface area (Å²) in [6.07, 6.45) is 1.23. The SMILES string of the molecule is COc1ccc([N+](=O)[O-])cc1NC(=O)COC(=O)c1cccc(N2CCCC2=O)c1. The Labute approximate surface area is 171 Å². The number of esters is 1. The number of nitro benzene ring substituents is 1. The van der Waals surface area contributed by atoms with Crippen LogP contribution in [0.2, 0.25) is 0 Å². The second-order valence-electron chi connectivity index (χ2n) is 6.47. The first-order valence-corrected chi connectivity index (χ1v) is 9.09. The molecular weight excluding hydrogens is 394 g/mol. The van der Waals surface area contributed by atoms with E-state index in [-0.39, 0.29) is 28.6 Å². The molecule has 1 saturated heterocycles. The van der Waals surface area contributed by atoms with Crippen LogP contribution < -0.4 is 15.0 Å². The summed E-state index contributed by atoms with van der Waals surface area (Å²) in [7, 11) is 1.36. The van der Waals surface area contributed by atoms with Crippen molar-refractivity contribution in [3.63, 3.8) is 0 Å². The highest BCUT2D eigenvalue weighted by Crippen LogP contribution is 2.29. The number of benzene rings is 2. The molecule has 0 spiro atoms. The van der Waals surface area contributed by atoms with E-state index in [1.165, 1.54) is 31.4 Å². The zero-order chi connectivity index (χ0) is 21.7. The molecule has 1 fully saturated rings. The number of hydrogen-bond acceptors (Lipinski definition) is 7. The second-order valence-corrected chi connectivity index (χ2v) is 6.47. The van der Waals surface area contributed by atoms with Crippen LogP contribution in [0.4, 0.5) is 17.1 Å². The predicted octanol–water partition coefficient (Wildman–Crippen LogP) is 2.53. The average Bonchev–Trinajstić information content (AvgIpc) is 3.17. The number of carbonyl (C=O) groups is 3. The number of rotatable bonds is 7. The normalized spacial score (nSPS) is 13.1. The van der Waals surface area contributed by atoms with E-state index in [9.17, 15) is 24.5 Å². The van der Waals surface area contributed by atoms with Gasteiger partial charge in [-0.05, 0) is 30.7 Å². The van der Waals surface area contributed by atoms with Gasteiger partial charge in [0.25, 0.3) is 11.6 Å². The van der Waals surface area contributed by atoms with Gasteiger partial charge in [0.15, 0.2) is 6.61 Å². The van der Waals surface area contributed by atoms with E-state index in [4.69, 9.17) is 9.47 Å². The summed E-state index contributed by atoms with van der Waals surface area (Å²) < 4.78 is 10.1. The highest BCUT2D eigenvalue weighted by Gasteiger charge is 2.22. The first-order valence-electron chi connectivity index (χ1n) is 9.09. The minimum Gasteiger partial charge on any atom is -0.495 e. The third-order valence-corrected chi connectivity index (χ3v) is 4.47. The fraction of sp³-hybridized carbons (Fsp3) is 0.250. The molecule has 0 aliphatic carbocycles. The van der Waals surface area contributed by atoms with E-state index in [1.54, 1.807) is 17.0 Å². The first-order chi connectivity index (χ1) is 14.4. The zero-order valence-electron chi connectivity index (χ0n) is 16.1. The lowest BCUT2D eigenvalue weighted by molar-refractivity contribution is -0.384. The van der Waals surface area contributed by atoms with Crippen molar-refractivity contribution in [3.8, 4) is 5.75 Å². The summed E-state index contributed by atoms with van der Waals surface area (Å²) in [6, 6.07) is 10.2. The van der Waals surface area contributed by atoms with Crippen LogP contribution in [0.15, 0.2) is 42.5 Å². The molecule has 0 aromatic heterocycles. The number of nitro groups is 1. The number of methoxy groups -OCH3 is 1. The molecule has 0 bridgehead atoms. The third kappa shape index (κ3) is 4.72. The Bertz CT molecular complexity index is 1010. The summed E-state index contributed by atoms with van der Waals surface area (Å²) in [6.45, 7) is -0.0116. The van der Waals surface area contributed by atoms with Crippen molar-refractivity contribution in [2.24, 2.45) is 0 Å². The molecule has 2 aromatic carbocycles. The molecule has 0 unspecified atom stereocenters. The Morgan fingerprint density at radius 3 is 2.70 bits per heavy atom. The van der Waals surface area contributed by atoms with Gasteiger partial charge in [-0.3, -0.25) is 19.7 Å². The lowest BCUT2D eigenvalue weighted by Gasteiger charge is -2.16. The predicted molar refractivity (Wildman–Crippen MR) is 107 cm³/mol. The molecule has 0 radical (unpaired) electrons. The number of anilines is 2. The molecule has 0 saturated carbocycles. The summed E-state index contributed by atoms with van der Waals surface area (Å²) in [5.41, 5.74) is 0.657. The standard InChI is InChI=1S/C20H19N3O7/c1-29-17-8-7-15(23(27)28)11-16(17)21-18(24)12-30-20(26)13-4-2-5-14(10-13)22-9-3-6-19(22)25/h2,4-5,7-8,10-11H,3,6,9,12H2,1H3,(H,21,24). The Balaban J connectivity index is 1.63. The number of nitrogens with zero attached hydrogens (tertiary/aromatic N) is 2. The molecule has 156 valence electrons. The molecule has 1 N–H and O–H groups in total. The van der Waals surface area contributed by atoms with E-state index in [0.717, 1.165) is 12.5 Å². The van der Waals surface area contributed by atoms with Gasteiger partial charge in [-0.1, -0.05) is 6.07 Å². The molecule has 0 atom stereocenters. The van der Waals surface area contributed by atoms with Crippen LogP contribution in [-0.4, -0.2) is 43.0 Å². The minimum absolute atomic E-state index is 0.00852. The van der Waals surface area contributed by atoms with Crippen molar-refractivity contribution >= 4 is 34.8 Å². The zero-order valence-corrected chi connectivity index (χ0v) is 16.1. The van der Waals surface area contributed by atoms with Crippen LogP contribution in [0, 0.1) is 10.1 Å². The average molecular weight is 413 g/mol. The highest BCUT2D eigenvalue weighted by molar-refractivity contribution is 5.99. The van der Waals surface area contributed by atoms with Crippen molar-refractivity contribution < 1.29 is 28.8 Å². The van der Waals surface area contributed by atoms with Gasteiger partial charge < -0.3 is 19.7 Å². The topological polar surface area (TPSA) is 128 Å². The van der Waals surface area contributed by atoms with Crippen LogP contribution in [0.25, 0.3) is 0 Å². The molecule has 30 heavy (non-hydrogen) atoms. The van der Waals surface area contributed by atoms with Crippen molar-refractivity contribution in [2.75, 3.05) is 30.5 Å². The first kappa shape index (κ1) is 20.8. The summed E-state index contributed by atoms with van der Waals surface area (Å²) in [5, 5.41) is 13.3. The van der Waals surface area contributed by atoms with E-state index in [2.05, 4.69) is 5.32 Å². The van der Waals surface area contributed by atoms with Gasteiger partial charge in [-0.15, -0.1) is 0 Å². The monoisotopic (exact) mass is 413 g/mol. The lowest BCUT2D eigenvalue weighted by Crippen LogP contribution is -2.24. The van der Waals surface area contributed by atoms with E-state index >= 15 is 0 Å². The van der Waals surface area contributed by atoms with Gasteiger partial charge in [0, 0.05) is 30.8 Å². The van der Waals surface area contributed by atoms with Gasteiger partial charge in [-0.25, -0.2) is 4.79 Å². The maximum atomic E-state index is 12.3. The van der Waals surface area contributed by atoms with Gasteiger partial charge >= 0.3 is 5.97 Å². The maximum Gasteiger partial charge on any atom is 0.338 e. The highest BCUT2D eigenvalue weighted by atomic mass is 16.6. The molecule has 1 aliphatic heterocycles. The number of ether oxygens (including phenoxy) is 2. The molecule has 2 aromatic rings. The molecule has 2 amide bonds. The fourth-order valence-corrected chi connectivity index (χ4v) is 3.03. The number of amides is 2. The molecule has 1 aliphatic rings. The van der Waals surface area contributed by atoms with E-state index in [0.29, 0.717) is 18.7 Å². The Morgan fingerprint density at radius 1 is 1.23 bits per heavy atom. The Kier molecular flexibility index (Phi) is 6.26. The number of hydrogen-bond donors (Lipinski definition) is 1. The Hall–Kier alpha value is -3.95. The number of nitrogens with one attached hydrogen (secondary N) is 1. The van der Waals surface area contributed by atoms with E-state index in [1.807, 2.05) is 0 Å². The minimum atomic E-state index is -0.732. The van der Waals surface area contributed by atoms with Crippen LogP contribution in [0.1, 0.15) is 23.2 Å². The van der Waals surface area contributed by atoms with Crippen LogP contribution in [0.3, 0.4) is 0 Å². The Morgan fingerprint density at radius 2 is 2.03 bits per heavy atom. The maximum absolute atomic E-state index is 12.3. The van der Waals surface area contributed by atoms with Crippen LogP contribution >= 0.6 is 0 Å². The van der Waals surface area contributed by atoms with Crippen molar-refractivity contribution in [2.45, 2.75) is 12.8 Å². The van der Waals surface area contributed by atoms with Gasteiger partial charge in [0.05, 0.1) is 23.3 Å². The van der Waals surface area contributed by atoms with E-state index < -0.39 is 23.4 Å². The number of carbonyl (C=O) groups excluding carboxylic acids is 3. The fourth-order valence-electron chi connectivity index (χ4n) is 3.03. The van der Waals surface area contributed by atoms with Crippen LogP contribution in [-0.2, 0) is 14.3 Å². The lowest BCUT2D eigenvalue weighted by atomic mass is 10.2. The molecule has 3 rings (SSSR count). The second kappa shape index (κ2) is 9.03. The smallest absolute Gasteiger partial charge is 0.338 e. The third-order valence-electron chi connectivity index (χ3n) is 4.47. The quantitative estimate of drug-likeness (QED) is 0.420. The number of non-ortho nitro benzene ring substituents is 1. The molecule has 1 heterocycles. The molecule has 10 heteroatoms. The molecule has 10 nitrogen and oxygen atoms in total.